The number of hydrogen-bond donors (Lipinski definition) is 1. The number of alkyl halides is 5. The van der Waals surface area contributed by atoms with Crippen LogP contribution in [-0.4, -0.2) is 4.98 Å². The first-order valence-electron chi connectivity index (χ1n) is 3.54. The summed E-state index contributed by atoms with van der Waals surface area (Å²) in [5, 5.41) is 0. The van der Waals surface area contributed by atoms with E-state index in [1.807, 2.05) is 0 Å². The van der Waals surface area contributed by atoms with Gasteiger partial charge in [0.15, 0.2) is 0 Å². The molecule has 0 spiro atoms. The predicted molar refractivity (Wildman–Crippen MR) is 46.3 cm³/mol. The van der Waals surface area contributed by atoms with Gasteiger partial charge in [-0.15, -0.1) is 0 Å². The predicted octanol–water partition coefficient (Wildman–Crippen LogP) is 3.38. The smallest absolute Gasteiger partial charge is 0.397 e. The third-order valence-corrected chi connectivity index (χ3v) is 2.15. The first-order valence-corrected chi connectivity index (χ1v) is 4.34. The molecule has 0 saturated carbocycles. The minimum Gasteiger partial charge on any atom is -0.397 e. The average molecular weight is 291 g/mol. The molecule has 1 aromatic heterocycles. The fourth-order valence-electron chi connectivity index (χ4n) is 0.893. The Bertz CT molecular complexity index is 376. The molecular formula is C7H4BrF5N2. The Labute approximate surface area is 89.4 Å². The van der Waals surface area contributed by atoms with Gasteiger partial charge in [0.1, 0.15) is 10.3 Å². The van der Waals surface area contributed by atoms with E-state index in [-0.39, 0.29) is 0 Å². The monoisotopic (exact) mass is 290 g/mol. The normalized spacial score (nSPS) is 12.2. The molecule has 0 aliphatic heterocycles. The number of halogens is 6. The SMILES string of the molecule is Nc1cc(C(F)(F)F)c(Br)nc1C(F)F. The number of nitrogen functional groups attached to an aromatic ring is 1. The zero-order valence-corrected chi connectivity index (χ0v) is 8.53. The second-order valence-corrected chi connectivity index (χ2v) is 3.35. The molecule has 84 valence electrons. The number of nitrogens with two attached hydrogens (primary N) is 1. The van der Waals surface area contributed by atoms with Crippen molar-refractivity contribution in [3.63, 3.8) is 0 Å². The molecule has 0 amide bonds. The average Bonchev–Trinajstić information content (AvgIpc) is 2.06. The molecule has 8 heteroatoms. The fourth-order valence-corrected chi connectivity index (χ4v) is 1.42. The molecule has 0 fully saturated rings. The van der Waals surface area contributed by atoms with E-state index < -0.39 is 34.1 Å². The highest BCUT2D eigenvalue weighted by atomic mass is 79.9. The van der Waals surface area contributed by atoms with Gasteiger partial charge in [-0.3, -0.25) is 0 Å². The van der Waals surface area contributed by atoms with E-state index in [0.717, 1.165) is 0 Å². The summed E-state index contributed by atoms with van der Waals surface area (Å²) >= 11 is 2.47. The van der Waals surface area contributed by atoms with Crippen LogP contribution in [0.3, 0.4) is 0 Å². The molecule has 0 aliphatic rings. The van der Waals surface area contributed by atoms with E-state index >= 15 is 0 Å². The molecule has 2 N–H and O–H groups in total. The van der Waals surface area contributed by atoms with Crippen molar-refractivity contribution in [1.29, 1.82) is 0 Å². The van der Waals surface area contributed by atoms with Gasteiger partial charge in [-0.05, 0) is 22.0 Å². The first kappa shape index (κ1) is 12.2. The zero-order valence-electron chi connectivity index (χ0n) is 6.95. The second-order valence-electron chi connectivity index (χ2n) is 2.60. The number of aromatic nitrogens is 1. The largest absolute Gasteiger partial charge is 0.419 e. The van der Waals surface area contributed by atoms with Crippen molar-refractivity contribution >= 4 is 21.6 Å². The molecule has 0 aliphatic carbocycles. The van der Waals surface area contributed by atoms with Gasteiger partial charge < -0.3 is 5.73 Å². The van der Waals surface area contributed by atoms with Gasteiger partial charge in [-0.1, -0.05) is 0 Å². The lowest BCUT2D eigenvalue weighted by Gasteiger charge is -2.11. The lowest BCUT2D eigenvalue weighted by molar-refractivity contribution is -0.138. The standard InChI is InChI=1S/C7H4BrF5N2/c8-5-2(7(11,12)13)1-3(14)4(15-5)6(9)10/h1,6H,14H2. The van der Waals surface area contributed by atoms with E-state index in [1.165, 1.54) is 0 Å². The van der Waals surface area contributed by atoms with Crippen LogP contribution in [0.15, 0.2) is 10.7 Å². The van der Waals surface area contributed by atoms with E-state index in [0.29, 0.717) is 6.07 Å². The maximum atomic E-state index is 12.2. The molecule has 1 heterocycles. The molecular weight excluding hydrogens is 287 g/mol. The van der Waals surface area contributed by atoms with E-state index in [1.54, 1.807) is 0 Å². The third kappa shape index (κ3) is 2.55. The quantitative estimate of drug-likeness (QED) is 0.636. The molecule has 1 rings (SSSR count). The van der Waals surface area contributed by atoms with Gasteiger partial charge in [0, 0.05) is 0 Å². The van der Waals surface area contributed by atoms with E-state index in [9.17, 15) is 22.0 Å². The van der Waals surface area contributed by atoms with Gasteiger partial charge in [0.25, 0.3) is 6.43 Å². The summed E-state index contributed by atoms with van der Waals surface area (Å²) < 4.78 is 60.4. The van der Waals surface area contributed by atoms with Crippen LogP contribution in [0.2, 0.25) is 0 Å². The van der Waals surface area contributed by atoms with Crippen LogP contribution >= 0.6 is 15.9 Å². The van der Waals surface area contributed by atoms with Crippen LogP contribution < -0.4 is 5.73 Å². The molecule has 0 atom stereocenters. The van der Waals surface area contributed by atoms with Gasteiger partial charge in [0.2, 0.25) is 0 Å². The summed E-state index contributed by atoms with van der Waals surface area (Å²) in [5.41, 5.74) is 2.30. The van der Waals surface area contributed by atoms with Gasteiger partial charge in [-0.2, -0.15) is 13.2 Å². The number of hydrogen-bond acceptors (Lipinski definition) is 2. The maximum absolute atomic E-state index is 12.2. The number of rotatable bonds is 1. The fraction of sp³-hybridized carbons (Fsp3) is 0.286. The van der Waals surface area contributed by atoms with Crippen molar-refractivity contribution in [3.05, 3.63) is 21.9 Å². The highest BCUT2D eigenvalue weighted by molar-refractivity contribution is 9.10. The molecule has 2 nitrogen and oxygen atoms in total. The van der Waals surface area contributed by atoms with Crippen molar-refractivity contribution < 1.29 is 22.0 Å². The van der Waals surface area contributed by atoms with Crippen LogP contribution in [0.1, 0.15) is 17.7 Å². The summed E-state index contributed by atoms with van der Waals surface area (Å²) in [6.07, 6.45) is -7.69. The molecule has 0 saturated heterocycles. The summed E-state index contributed by atoms with van der Waals surface area (Å²) in [6.45, 7) is 0. The van der Waals surface area contributed by atoms with Gasteiger partial charge in [0.05, 0.1) is 11.3 Å². The van der Waals surface area contributed by atoms with Crippen LogP contribution in [-0.2, 0) is 6.18 Å². The van der Waals surface area contributed by atoms with Crippen LogP contribution in [0.5, 0.6) is 0 Å². The Morgan fingerprint density at radius 1 is 1.33 bits per heavy atom. The minimum absolute atomic E-state index is 0.429. The number of pyridine rings is 1. The highest BCUT2D eigenvalue weighted by Crippen LogP contribution is 2.37. The van der Waals surface area contributed by atoms with E-state index in [4.69, 9.17) is 5.73 Å². The summed E-state index contributed by atoms with van der Waals surface area (Å²) in [4.78, 5) is 3.06. The van der Waals surface area contributed by atoms with E-state index in [2.05, 4.69) is 20.9 Å². The van der Waals surface area contributed by atoms with Gasteiger partial charge in [-0.25, -0.2) is 13.8 Å². The Kier molecular flexibility index (Phi) is 3.17. The summed E-state index contributed by atoms with van der Waals surface area (Å²) in [5.74, 6) is 0. The molecule has 0 radical (unpaired) electrons. The Morgan fingerprint density at radius 3 is 2.27 bits per heavy atom. The van der Waals surface area contributed by atoms with Crippen molar-refractivity contribution in [2.75, 3.05) is 5.73 Å². The highest BCUT2D eigenvalue weighted by Gasteiger charge is 2.35. The molecule has 0 unspecified atom stereocenters. The maximum Gasteiger partial charge on any atom is 0.419 e. The Morgan fingerprint density at radius 2 is 1.87 bits per heavy atom. The van der Waals surface area contributed by atoms with Crippen molar-refractivity contribution in [1.82, 2.24) is 4.98 Å². The topological polar surface area (TPSA) is 38.9 Å². The Hall–Kier alpha value is -0.920. The second kappa shape index (κ2) is 3.92. The van der Waals surface area contributed by atoms with Crippen molar-refractivity contribution in [2.24, 2.45) is 0 Å². The minimum atomic E-state index is -4.68. The lowest BCUT2D eigenvalue weighted by atomic mass is 10.2. The number of nitrogens with zero attached hydrogens (tertiary/aromatic N) is 1. The first-order chi connectivity index (χ1) is 6.73. The summed E-state index contributed by atoms with van der Waals surface area (Å²) in [6, 6.07) is 0.429. The van der Waals surface area contributed by atoms with Crippen LogP contribution in [0, 0.1) is 0 Å². The van der Waals surface area contributed by atoms with Crippen LogP contribution in [0.25, 0.3) is 0 Å². The van der Waals surface area contributed by atoms with Crippen LogP contribution in [0.4, 0.5) is 27.6 Å². The third-order valence-electron chi connectivity index (χ3n) is 1.55. The molecule has 15 heavy (non-hydrogen) atoms. The zero-order chi connectivity index (χ0) is 11.8. The molecule has 1 aromatic rings. The van der Waals surface area contributed by atoms with Crippen molar-refractivity contribution in [3.8, 4) is 0 Å². The van der Waals surface area contributed by atoms with Crippen molar-refractivity contribution in [2.45, 2.75) is 12.6 Å². The summed E-state index contributed by atoms with van der Waals surface area (Å²) in [7, 11) is 0. The Balaban J connectivity index is 3.32. The van der Waals surface area contributed by atoms with Gasteiger partial charge >= 0.3 is 6.18 Å². The lowest BCUT2D eigenvalue weighted by Crippen LogP contribution is -2.10. The molecule has 0 bridgehead atoms. The molecule has 0 aromatic carbocycles. The number of anilines is 1.